The zero-order chi connectivity index (χ0) is 29.0. The van der Waals surface area contributed by atoms with Crippen molar-refractivity contribution in [3.8, 4) is 0 Å². The van der Waals surface area contributed by atoms with Crippen molar-refractivity contribution < 1.29 is 19.1 Å². The predicted octanol–water partition coefficient (Wildman–Crippen LogP) is 5.80. The maximum Gasteiger partial charge on any atom is 0.408 e. The van der Waals surface area contributed by atoms with Gasteiger partial charge >= 0.3 is 6.09 Å². The number of hydrogen-bond donors (Lipinski definition) is 2. The first-order valence-electron chi connectivity index (χ1n) is 13.8. The van der Waals surface area contributed by atoms with E-state index in [9.17, 15) is 14.4 Å². The Kier molecular flexibility index (Phi) is 12.2. The van der Waals surface area contributed by atoms with Crippen LogP contribution in [0.15, 0.2) is 61.2 Å². The minimum atomic E-state index is -0.955. The van der Waals surface area contributed by atoms with Crippen molar-refractivity contribution in [1.29, 1.82) is 0 Å². The van der Waals surface area contributed by atoms with Crippen molar-refractivity contribution in [3.63, 3.8) is 0 Å². The molecule has 0 aliphatic carbocycles. The molecule has 2 aromatic rings. The number of ether oxygens (including phenoxy) is 1. The SMILES string of the molecule is C=CCN(C(=O)C(Cc1ccccc1)NC(=O)OC(C)(C)C)C(C(=O)NCCCCC)c1cc(C)cc(C)c1. The summed E-state index contributed by atoms with van der Waals surface area (Å²) in [6.45, 7) is 15.8. The highest BCUT2D eigenvalue weighted by atomic mass is 16.6. The Morgan fingerprint density at radius 3 is 2.23 bits per heavy atom. The highest BCUT2D eigenvalue weighted by Crippen LogP contribution is 2.25. The third-order valence-corrected chi connectivity index (χ3v) is 6.08. The molecule has 0 radical (unpaired) electrons. The summed E-state index contributed by atoms with van der Waals surface area (Å²) in [5, 5.41) is 5.80. The summed E-state index contributed by atoms with van der Waals surface area (Å²) in [5.74, 6) is -0.653. The quantitative estimate of drug-likeness (QED) is 0.251. The summed E-state index contributed by atoms with van der Waals surface area (Å²) in [6.07, 6.45) is 4.04. The summed E-state index contributed by atoms with van der Waals surface area (Å²) >= 11 is 0. The molecule has 0 aliphatic heterocycles. The highest BCUT2D eigenvalue weighted by molar-refractivity contribution is 5.92. The van der Waals surface area contributed by atoms with Crippen molar-refractivity contribution in [2.24, 2.45) is 0 Å². The third kappa shape index (κ3) is 10.6. The number of amides is 3. The first-order chi connectivity index (χ1) is 18.4. The van der Waals surface area contributed by atoms with Crippen molar-refractivity contribution in [1.82, 2.24) is 15.5 Å². The van der Waals surface area contributed by atoms with Crippen LogP contribution in [0.2, 0.25) is 0 Å². The van der Waals surface area contributed by atoms with Crippen LogP contribution in [-0.4, -0.2) is 47.5 Å². The van der Waals surface area contributed by atoms with E-state index in [4.69, 9.17) is 4.74 Å². The Morgan fingerprint density at radius 1 is 1.03 bits per heavy atom. The largest absolute Gasteiger partial charge is 0.444 e. The number of rotatable bonds is 13. The maximum absolute atomic E-state index is 14.2. The molecule has 3 amide bonds. The molecule has 212 valence electrons. The van der Waals surface area contributed by atoms with E-state index in [1.54, 1.807) is 26.8 Å². The predicted molar refractivity (Wildman–Crippen MR) is 156 cm³/mol. The molecule has 7 heteroatoms. The number of hydrogen-bond acceptors (Lipinski definition) is 4. The van der Waals surface area contributed by atoms with E-state index >= 15 is 0 Å². The summed E-state index contributed by atoms with van der Waals surface area (Å²) in [7, 11) is 0. The van der Waals surface area contributed by atoms with E-state index in [0.29, 0.717) is 12.1 Å². The number of carbonyl (C=O) groups is 3. The first-order valence-corrected chi connectivity index (χ1v) is 13.8. The number of aryl methyl sites for hydroxylation is 2. The van der Waals surface area contributed by atoms with Gasteiger partial charge in [-0.05, 0) is 52.2 Å². The summed E-state index contributed by atoms with van der Waals surface area (Å²) in [5.41, 5.74) is 2.84. The van der Waals surface area contributed by atoms with E-state index in [0.717, 1.165) is 36.0 Å². The number of nitrogens with one attached hydrogen (secondary N) is 2. The molecule has 39 heavy (non-hydrogen) atoms. The van der Waals surface area contributed by atoms with Crippen molar-refractivity contribution in [2.45, 2.75) is 84.9 Å². The van der Waals surface area contributed by atoms with Gasteiger partial charge in [0.25, 0.3) is 0 Å². The molecule has 0 heterocycles. The molecule has 7 nitrogen and oxygen atoms in total. The van der Waals surface area contributed by atoms with E-state index in [-0.39, 0.29) is 18.9 Å². The van der Waals surface area contributed by atoms with Crippen molar-refractivity contribution in [2.75, 3.05) is 13.1 Å². The first kappa shape index (κ1) is 31.6. The molecule has 0 aliphatic rings. The zero-order valence-corrected chi connectivity index (χ0v) is 24.4. The second-order valence-corrected chi connectivity index (χ2v) is 11.0. The lowest BCUT2D eigenvalue weighted by atomic mass is 9.97. The fraction of sp³-hybridized carbons (Fsp3) is 0.469. The average molecular weight is 536 g/mol. The second-order valence-electron chi connectivity index (χ2n) is 11.0. The van der Waals surface area contributed by atoms with Gasteiger partial charge in [0, 0.05) is 19.5 Å². The van der Waals surface area contributed by atoms with Gasteiger partial charge in [0.15, 0.2) is 0 Å². The van der Waals surface area contributed by atoms with Crippen LogP contribution in [0.1, 0.15) is 75.3 Å². The van der Waals surface area contributed by atoms with E-state index in [2.05, 4.69) is 24.1 Å². The molecule has 2 rings (SSSR count). The monoisotopic (exact) mass is 535 g/mol. The van der Waals surface area contributed by atoms with Gasteiger partial charge in [-0.2, -0.15) is 0 Å². The van der Waals surface area contributed by atoms with Gasteiger partial charge in [-0.1, -0.05) is 85.5 Å². The molecular weight excluding hydrogens is 490 g/mol. The molecule has 2 unspecified atom stereocenters. The minimum absolute atomic E-state index is 0.125. The van der Waals surface area contributed by atoms with E-state index in [1.807, 2.05) is 62.4 Å². The van der Waals surface area contributed by atoms with Crippen molar-refractivity contribution >= 4 is 17.9 Å². The van der Waals surface area contributed by atoms with Gasteiger partial charge in [0.05, 0.1) is 0 Å². The van der Waals surface area contributed by atoms with Gasteiger partial charge < -0.3 is 20.3 Å². The molecule has 0 bridgehead atoms. The standard InChI is InChI=1S/C32H45N3O4/c1-8-10-14-17-33-29(36)28(26-20-23(3)19-24(4)21-26)35(18-9-2)30(37)27(22-25-15-12-11-13-16-25)34-31(38)39-32(5,6)7/h9,11-13,15-16,19-21,27-28H,2,8,10,14,17-18,22H2,1,3-7H3,(H,33,36)(H,34,38). The van der Waals surface area contributed by atoms with Crippen LogP contribution in [-0.2, 0) is 20.7 Å². The van der Waals surface area contributed by atoms with Gasteiger partial charge in [-0.15, -0.1) is 6.58 Å². The Morgan fingerprint density at radius 2 is 1.67 bits per heavy atom. The lowest BCUT2D eigenvalue weighted by Gasteiger charge is -2.34. The van der Waals surface area contributed by atoms with Crippen LogP contribution in [0.3, 0.4) is 0 Å². The fourth-order valence-electron chi connectivity index (χ4n) is 4.49. The topological polar surface area (TPSA) is 87.7 Å². The molecule has 0 fully saturated rings. The smallest absolute Gasteiger partial charge is 0.408 e. The average Bonchev–Trinajstić information content (AvgIpc) is 2.84. The van der Waals surface area contributed by atoms with Crippen LogP contribution in [0, 0.1) is 13.8 Å². The number of benzene rings is 2. The number of alkyl carbamates (subject to hydrolysis) is 1. The Hall–Kier alpha value is -3.61. The van der Waals surface area contributed by atoms with E-state index in [1.165, 1.54) is 4.90 Å². The van der Waals surface area contributed by atoms with Crippen molar-refractivity contribution in [3.05, 3.63) is 83.4 Å². The lowest BCUT2D eigenvalue weighted by molar-refractivity contribution is -0.141. The van der Waals surface area contributed by atoms with Crippen LogP contribution >= 0.6 is 0 Å². The van der Waals surface area contributed by atoms with Crippen LogP contribution in [0.5, 0.6) is 0 Å². The highest BCUT2D eigenvalue weighted by Gasteiger charge is 2.36. The van der Waals surface area contributed by atoms with Crippen LogP contribution in [0.25, 0.3) is 0 Å². The van der Waals surface area contributed by atoms with Gasteiger partial charge in [-0.3, -0.25) is 9.59 Å². The van der Waals surface area contributed by atoms with Gasteiger partial charge in [-0.25, -0.2) is 4.79 Å². The number of carbonyl (C=O) groups excluding carboxylic acids is 3. The molecule has 0 spiro atoms. The number of nitrogens with zero attached hydrogens (tertiary/aromatic N) is 1. The van der Waals surface area contributed by atoms with Gasteiger partial charge in [0.1, 0.15) is 17.7 Å². The Bertz CT molecular complexity index is 1090. The van der Waals surface area contributed by atoms with Crippen LogP contribution < -0.4 is 10.6 Å². The maximum atomic E-state index is 14.2. The number of unbranched alkanes of at least 4 members (excludes halogenated alkanes) is 2. The molecule has 0 aromatic heterocycles. The molecule has 2 aromatic carbocycles. The molecular formula is C32H45N3O4. The third-order valence-electron chi connectivity index (χ3n) is 6.08. The molecule has 0 saturated heterocycles. The minimum Gasteiger partial charge on any atom is -0.444 e. The summed E-state index contributed by atoms with van der Waals surface area (Å²) in [6, 6.07) is 13.5. The van der Waals surface area contributed by atoms with E-state index < -0.39 is 29.7 Å². The zero-order valence-electron chi connectivity index (χ0n) is 24.4. The van der Waals surface area contributed by atoms with Gasteiger partial charge in [0.2, 0.25) is 11.8 Å². The Balaban J connectivity index is 2.51. The summed E-state index contributed by atoms with van der Waals surface area (Å²) in [4.78, 5) is 42.2. The second kappa shape index (κ2) is 15.1. The summed E-state index contributed by atoms with van der Waals surface area (Å²) < 4.78 is 5.48. The molecule has 2 atom stereocenters. The fourth-order valence-corrected chi connectivity index (χ4v) is 4.49. The Labute approximate surface area is 234 Å². The normalized spacial score (nSPS) is 12.7. The molecule has 0 saturated carbocycles. The molecule has 2 N–H and O–H groups in total. The lowest BCUT2D eigenvalue weighted by Crippen LogP contribution is -2.54. The van der Waals surface area contributed by atoms with Crippen LogP contribution in [0.4, 0.5) is 4.79 Å².